The standard InChI is InChI=1S/C15H14ClFN2O3S/c16-10-8-9(3-4-11(10)17)19-15(22)14(21)18-6-5-12(20)13-2-1-7-23-13/h1-4,7-8,12,20H,5-6H2,(H,18,21)(H,19,22). The van der Waals surface area contributed by atoms with E-state index in [4.69, 9.17) is 11.6 Å². The largest absolute Gasteiger partial charge is 0.388 e. The molecule has 0 saturated heterocycles. The molecule has 3 N–H and O–H groups in total. The van der Waals surface area contributed by atoms with Crippen LogP contribution in [0.5, 0.6) is 0 Å². The van der Waals surface area contributed by atoms with Crippen molar-refractivity contribution in [3.63, 3.8) is 0 Å². The maximum absolute atomic E-state index is 13.0. The molecule has 0 radical (unpaired) electrons. The molecule has 2 amide bonds. The van der Waals surface area contributed by atoms with E-state index in [1.54, 1.807) is 6.07 Å². The lowest BCUT2D eigenvalue weighted by molar-refractivity contribution is -0.136. The van der Waals surface area contributed by atoms with E-state index in [0.717, 1.165) is 10.9 Å². The van der Waals surface area contributed by atoms with Crippen LogP contribution in [0.1, 0.15) is 17.4 Å². The van der Waals surface area contributed by atoms with Crippen LogP contribution >= 0.6 is 22.9 Å². The van der Waals surface area contributed by atoms with E-state index in [1.165, 1.54) is 23.5 Å². The Balaban J connectivity index is 1.78. The van der Waals surface area contributed by atoms with Crippen LogP contribution in [0.3, 0.4) is 0 Å². The van der Waals surface area contributed by atoms with E-state index < -0.39 is 23.7 Å². The number of carbonyl (C=O) groups excluding carboxylic acids is 2. The van der Waals surface area contributed by atoms with Crippen LogP contribution in [0.25, 0.3) is 0 Å². The van der Waals surface area contributed by atoms with Gasteiger partial charge in [0.1, 0.15) is 5.82 Å². The minimum atomic E-state index is -0.890. The van der Waals surface area contributed by atoms with E-state index >= 15 is 0 Å². The predicted octanol–water partition coefficient (Wildman–Crippen LogP) is 2.72. The highest BCUT2D eigenvalue weighted by molar-refractivity contribution is 7.10. The number of carbonyl (C=O) groups is 2. The molecule has 0 aliphatic rings. The number of amides is 2. The lowest BCUT2D eigenvalue weighted by Gasteiger charge is -2.10. The lowest BCUT2D eigenvalue weighted by Crippen LogP contribution is -2.36. The highest BCUT2D eigenvalue weighted by Crippen LogP contribution is 2.21. The molecule has 5 nitrogen and oxygen atoms in total. The molecule has 1 aromatic carbocycles. The Hall–Kier alpha value is -1.96. The molecular weight excluding hydrogens is 343 g/mol. The SMILES string of the molecule is O=C(NCCC(O)c1cccs1)C(=O)Nc1ccc(F)c(Cl)c1. The molecule has 0 bridgehead atoms. The van der Waals surface area contributed by atoms with Crippen LogP contribution in [0.2, 0.25) is 5.02 Å². The minimum absolute atomic E-state index is 0.148. The average Bonchev–Trinajstić information content (AvgIpc) is 3.05. The monoisotopic (exact) mass is 356 g/mol. The topological polar surface area (TPSA) is 78.4 Å². The second kappa shape index (κ2) is 8.05. The van der Waals surface area contributed by atoms with Crippen molar-refractivity contribution >= 4 is 40.4 Å². The fraction of sp³-hybridized carbons (Fsp3) is 0.200. The van der Waals surface area contributed by atoms with Gasteiger partial charge in [-0.2, -0.15) is 0 Å². The molecule has 2 aromatic rings. The van der Waals surface area contributed by atoms with Crippen LogP contribution in [0.15, 0.2) is 35.7 Å². The van der Waals surface area contributed by atoms with Gasteiger partial charge in [0.05, 0.1) is 11.1 Å². The first kappa shape index (κ1) is 17.4. The molecule has 0 saturated carbocycles. The van der Waals surface area contributed by atoms with Gasteiger partial charge >= 0.3 is 11.8 Å². The molecule has 23 heavy (non-hydrogen) atoms. The lowest BCUT2D eigenvalue weighted by atomic mass is 10.2. The van der Waals surface area contributed by atoms with Crippen molar-refractivity contribution in [2.24, 2.45) is 0 Å². The van der Waals surface area contributed by atoms with Crippen molar-refractivity contribution in [1.29, 1.82) is 0 Å². The summed E-state index contributed by atoms with van der Waals surface area (Å²) in [4.78, 5) is 24.1. The number of hydrogen-bond donors (Lipinski definition) is 3. The Morgan fingerprint density at radius 1 is 1.30 bits per heavy atom. The summed E-state index contributed by atoms with van der Waals surface area (Å²) in [5.41, 5.74) is 0.218. The Labute approximate surface area is 141 Å². The molecule has 0 spiro atoms. The maximum atomic E-state index is 13.0. The van der Waals surface area contributed by atoms with Crippen LogP contribution in [0.4, 0.5) is 10.1 Å². The van der Waals surface area contributed by atoms with Gasteiger partial charge in [-0.25, -0.2) is 4.39 Å². The third kappa shape index (κ3) is 5.02. The van der Waals surface area contributed by atoms with Gasteiger partial charge in [0.15, 0.2) is 0 Å². The highest BCUT2D eigenvalue weighted by Gasteiger charge is 2.15. The fourth-order valence-electron chi connectivity index (χ4n) is 1.79. The van der Waals surface area contributed by atoms with E-state index in [1.807, 2.05) is 11.4 Å². The van der Waals surface area contributed by atoms with Gasteiger partial charge in [-0.3, -0.25) is 9.59 Å². The highest BCUT2D eigenvalue weighted by atomic mass is 35.5. The van der Waals surface area contributed by atoms with Crippen LogP contribution in [0, 0.1) is 5.82 Å². The molecule has 8 heteroatoms. The van der Waals surface area contributed by atoms with E-state index in [-0.39, 0.29) is 17.3 Å². The number of aliphatic hydroxyl groups is 1. The average molecular weight is 357 g/mol. The summed E-state index contributed by atoms with van der Waals surface area (Å²) < 4.78 is 13.0. The quantitative estimate of drug-likeness (QED) is 0.721. The minimum Gasteiger partial charge on any atom is -0.388 e. The van der Waals surface area contributed by atoms with Gasteiger partial charge in [0.25, 0.3) is 0 Å². The second-order valence-corrected chi connectivity index (χ2v) is 6.05. The first-order valence-electron chi connectivity index (χ1n) is 6.73. The Bertz CT molecular complexity index is 694. The third-order valence-corrected chi connectivity index (χ3v) is 4.22. The number of thiophene rings is 1. The number of hydrogen-bond acceptors (Lipinski definition) is 4. The van der Waals surface area contributed by atoms with E-state index in [0.29, 0.717) is 6.42 Å². The molecule has 0 fully saturated rings. The van der Waals surface area contributed by atoms with Gasteiger partial charge in [-0.1, -0.05) is 17.7 Å². The number of nitrogens with one attached hydrogen (secondary N) is 2. The number of anilines is 1. The van der Waals surface area contributed by atoms with Gasteiger partial charge in [-0.15, -0.1) is 11.3 Å². The Kier molecular flexibility index (Phi) is 6.09. The van der Waals surface area contributed by atoms with Crippen molar-refractivity contribution in [2.75, 3.05) is 11.9 Å². The zero-order chi connectivity index (χ0) is 16.8. The number of halogens is 2. The first-order valence-corrected chi connectivity index (χ1v) is 7.99. The normalized spacial score (nSPS) is 11.8. The number of rotatable bonds is 5. The van der Waals surface area contributed by atoms with Crippen molar-refractivity contribution in [3.05, 3.63) is 51.4 Å². The zero-order valence-corrected chi connectivity index (χ0v) is 13.5. The molecular formula is C15H14ClFN2O3S. The summed E-state index contributed by atoms with van der Waals surface area (Å²) in [7, 11) is 0. The first-order chi connectivity index (χ1) is 11.0. The number of aliphatic hydroxyl groups excluding tert-OH is 1. The summed E-state index contributed by atoms with van der Waals surface area (Å²) in [5, 5.41) is 16.3. The third-order valence-electron chi connectivity index (χ3n) is 2.96. The van der Waals surface area contributed by atoms with Gasteiger partial charge in [-0.05, 0) is 36.1 Å². The molecule has 122 valence electrons. The summed E-state index contributed by atoms with van der Waals surface area (Å²) in [6.07, 6.45) is -0.392. The van der Waals surface area contributed by atoms with Gasteiger partial charge in [0, 0.05) is 17.1 Å². The van der Waals surface area contributed by atoms with E-state index in [9.17, 15) is 19.1 Å². The zero-order valence-electron chi connectivity index (χ0n) is 11.9. The molecule has 1 unspecified atom stereocenters. The maximum Gasteiger partial charge on any atom is 0.313 e. The van der Waals surface area contributed by atoms with Gasteiger partial charge in [0.2, 0.25) is 0 Å². The Morgan fingerprint density at radius 3 is 2.74 bits per heavy atom. The van der Waals surface area contributed by atoms with E-state index in [2.05, 4.69) is 10.6 Å². The van der Waals surface area contributed by atoms with Crippen LogP contribution < -0.4 is 10.6 Å². The van der Waals surface area contributed by atoms with Crippen LogP contribution in [-0.2, 0) is 9.59 Å². The second-order valence-electron chi connectivity index (χ2n) is 4.66. The molecule has 2 rings (SSSR count). The van der Waals surface area contributed by atoms with Gasteiger partial charge < -0.3 is 15.7 Å². The number of benzene rings is 1. The molecule has 0 aliphatic heterocycles. The molecule has 1 aromatic heterocycles. The van der Waals surface area contributed by atoms with Crippen molar-refractivity contribution in [3.8, 4) is 0 Å². The predicted molar refractivity (Wildman–Crippen MR) is 86.9 cm³/mol. The fourth-order valence-corrected chi connectivity index (χ4v) is 2.71. The summed E-state index contributed by atoms with van der Waals surface area (Å²) in [6, 6.07) is 7.22. The molecule has 1 heterocycles. The van der Waals surface area contributed by atoms with Crippen molar-refractivity contribution < 1.29 is 19.1 Å². The summed E-state index contributed by atoms with van der Waals surface area (Å²) >= 11 is 7.01. The smallest absolute Gasteiger partial charge is 0.313 e. The van der Waals surface area contributed by atoms with Crippen molar-refractivity contribution in [2.45, 2.75) is 12.5 Å². The Morgan fingerprint density at radius 2 is 2.09 bits per heavy atom. The molecule has 1 atom stereocenters. The van der Waals surface area contributed by atoms with Crippen LogP contribution in [-0.4, -0.2) is 23.5 Å². The molecule has 0 aliphatic carbocycles. The summed E-state index contributed by atoms with van der Waals surface area (Å²) in [6.45, 7) is 0.148. The summed E-state index contributed by atoms with van der Waals surface area (Å²) in [5.74, 6) is -2.35. The van der Waals surface area contributed by atoms with Crippen molar-refractivity contribution in [1.82, 2.24) is 5.32 Å².